The van der Waals surface area contributed by atoms with E-state index in [1.807, 2.05) is 0 Å². The lowest BCUT2D eigenvalue weighted by Gasteiger charge is -2.30. The Balaban J connectivity index is 2.20. The van der Waals surface area contributed by atoms with Crippen molar-refractivity contribution in [3.05, 3.63) is 29.3 Å². The molecule has 0 aromatic heterocycles. The molecule has 118 valence electrons. The summed E-state index contributed by atoms with van der Waals surface area (Å²) in [5.74, 6) is 0. The van der Waals surface area contributed by atoms with Crippen LogP contribution >= 0.6 is 15.9 Å². The molecule has 1 saturated heterocycles. The topological polar surface area (TPSA) is 12.5 Å². The third kappa shape index (κ3) is 4.36. The molecule has 0 spiro atoms. The van der Waals surface area contributed by atoms with Gasteiger partial charge in [0.15, 0.2) is 0 Å². The largest absolute Gasteiger partial charge is 0.418 e. The maximum atomic E-state index is 13.2. The Bertz CT molecular complexity index is 472. The van der Waals surface area contributed by atoms with Gasteiger partial charge < -0.3 is 9.64 Å². The minimum atomic E-state index is -4.35. The SMILES string of the molecule is CN(CC1CCCCO1)c1ccc(CBr)cc1C(F)(F)F. The van der Waals surface area contributed by atoms with Crippen molar-refractivity contribution in [1.29, 1.82) is 0 Å². The van der Waals surface area contributed by atoms with Crippen molar-refractivity contribution >= 4 is 21.6 Å². The van der Waals surface area contributed by atoms with E-state index < -0.39 is 11.7 Å². The van der Waals surface area contributed by atoms with Crippen LogP contribution in [0.1, 0.15) is 30.4 Å². The molecule has 0 saturated carbocycles. The molecule has 1 heterocycles. The summed E-state index contributed by atoms with van der Waals surface area (Å²) < 4.78 is 45.3. The number of hydrogen-bond acceptors (Lipinski definition) is 2. The molecule has 0 amide bonds. The van der Waals surface area contributed by atoms with Gasteiger partial charge in [-0.3, -0.25) is 0 Å². The van der Waals surface area contributed by atoms with Crippen LogP contribution in [0, 0.1) is 0 Å². The van der Waals surface area contributed by atoms with Crippen molar-refractivity contribution < 1.29 is 17.9 Å². The molecule has 0 bridgehead atoms. The average molecular weight is 366 g/mol. The first-order valence-electron chi connectivity index (χ1n) is 7.00. The Labute approximate surface area is 131 Å². The number of rotatable bonds is 4. The molecule has 0 radical (unpaired) electrons. The van der Waals surface area contributed by atoms with Gasteiger partial charge in [-0.2, -0.15) is 13.2 Å². The van der Waals surface area contributed by atoms with Crippen LogP contribution < -0.4 is 4.90 Å². The summed E-state index contributed by atoms with van der Waals surface area (Å²) in [6.07, 6.45) is -1.32. The molecular formula is C15H19BrF3NO. The lowest BCUT2D eigenvalue weighted by molar-refractivity contribution is -0.137. The van der Waals surface area contributed by atoms with E-state index in [0.717, 1.165) is 19.3 Å². The van der Waals surface area contributed by atoms with Crippen molar-refractivity contribution in [3.8, 4) is 0 Å². The summed E-state index contributed by atoms with van der Waals surface area (Å²) in [5, 5.41) is 0.409. The lowest BCUT2D eigenvalue weighted by Crippen LogP contribution is -2.34. The van der Waals surface area contributed by atoms with Gasteiger partial charge >= 0.3 is 6.18 Å². The van der Waals surface area contributed by atoms with Gasteiger partial charge in [0.05, 0.1) is 11.7 Å². The van der Waals surface area contributed by atoms with Gasteiger partial charge in [0.25, 0.3) is 0 Å². The Hall–Kier alpha value is -0.750. The molecule has 1 aromatic rings. The highest BCUT2D eigenvalue weighted by Gasteiger charge is 2.35. The number of anilines is 1. The first-order chi connectivity index (χ1) is 9.91. The Morgan fingerprint density at radius 1 is 1.33 bits per heavy atom. The molecule has 1 fully saturated rings. The number of ether oxygens (including phenoxy) is 1. The summed E-state index contributed by atoms with van der Waals surface area (Å²) in [6.45, 7) is 1.18. The van der Waals surface area contributed by atoms with E-state index in [1.165, 1.54) is 6.07 Å². The van der Waals surface area contributed by atoms with Crippen LogP contribution in [0.4, 0.5) is 18.9 Å². The van der Waals surface area contributed by atoms with Crippen molar-refractivity contribution in [2.45, 2.75) is 36.9 Å². The number of nitrogens with zero attached hydrogens (tertiary/aromatic N) is 1. The van der Waals surface area contributed by atoms with Crippen molar-refractivity contribution in [2.75, 3.05) is 25.1 Å². The molecule has 2 nitrogen and oxygen atoms in total. The fourth-order valence-electron chi connectivity index (χ4n) is 2.58. The van der Waals surface area contributed by atoms with E-state index in [9.17, 15) is 13.2 Å². The van der Waals surface area contributed by atoms with Gasteiger partial charge in [0.2, 0.25) is 0 Å². The molecule has 0 N–H and O–H groups in total. The van der Waals surface area contributed by atoms with Gasteiger partial charge in [-0.05, 0) is 37.0 Å². The number of benzene rings is 1. The van der Waals surface area contributed by atoms with E-state index in [1.54, 1.807) is 24.1 Å². The van der Waals surface area contributed by atoms with Crippen LogP contribution in [-0.2, 0) is 16.2 Å². The monoisotopic (exact) mass is 365 g/mol. The number of halogens is 4. The third-order valence-electron chi connectivity index (χ3n) is 3.68. The van der Waals surface area contributed by atoms with E-state index >= 15 is 0 Å². The minimum absolute atomic E-state index is 0.0145. The van der Waals surface area contributed by atoms with Crippen molar-refractivity contribution in [3.63, 3.8) is 0 Å². The lowest BCUT2D eigenvalue weighted by atomic mass is 10.1. The van der Waals surface area contributed by atoms with Gasteiger partial charge in [-0.25, -0.2) is 0 Å². The predicted octanol–water partition coefficient (Wildman–Crippen LogP) is 4.61. The molecule has 1 unspecified atom stereocenters. The highest BCUT2D eigenvalue weighted by Crippen LogP contribution is 2.37. The second-order valence-electron chi connectivity index (χ2n) is 5.35. The predicted molar refractivity (Wildman–Crippen MR) is 80.9 cm³/mol. The fraction of sp³-hybridized carbons (Fsp3) is 0.600. The first-order valence-corrected chi connectivity index (χ1v) is 8.13. The van der Waals surface area contributed by atoms with Gasteiger partial charge in [-0.15, -0.1) is 0 Å². The maximum absolute atomic E-state index is 13.2. The summed E-state index contributed by atoms with van der Waals surface area (Å²) in [5.41, 5.74) is 0.243. The summed E-state index contributed by atoms with van der Waals surface area (Å²) in [7, 11) is 1.69. The van der Waals surface area contributed by atoms with Gasteiger partial charge in [0, 0.05) is 31.2 Å². The fourth-order valence-corrected chi connectivity index (χ4v) is 2.93. The van der Waals surface area contributed by atoms with E-state index in [4.69, 9.17) is 4.74 Å². The number of hydrogen-bond donors (Lipinski definition) is 0. The molecule has 1 aliphatic heterocycles. The van der Waals surface area contributed by atoms with Crippen LogP contribution in [0.25, 0.3) is 0 Å². The molecule has 21 heavy (non-hydrogen) atoms. The smallest absolute Gasteiger partial charge is 0.376 e. The quantitative estimate of drug-likeness (QED) is 0.722. The van der Waals surface area contributed by atoms with E-state index in [2.05, 4.69) is 15.9 Å². The van der Waals surface area contributed by atoms with Gasteiger partial charge in [-0.1, -0.05) is 22.0 Å². The Morgan fingerprint density at radius 3 is 2.67 bits per heavy atom. The summed E-state index contributed by atoms with van der Waals surface area (Å²) in [6, 6.07) is 4.47. The molecule has 1 aliphatic rings. The van der Waals surface area contributed by atoms with Crippen LogP contribution in [0.15, 0.2) is 18.2 Å². The first kappa shape index (κ1) is 16.6. The van der Waals surface area contributed by atoms with Crippen molar-refractivity contribution in [1.82, 2.24) is 0 Å². The minimum Gasteiger partial charge on any atom is -0.376 e. The second-order valence-corrected chi connectivity index (χ2v) is 5.91. The van der Waals surface area contributed by atoms with Crippen LogP contribution in [0.3, 0.4) is 0 Å². The summed E-state index contributed by atoms with van der Waals surface area (Å²) >= 11 is 3.20. The number of likely N-dealkylation sites (N-methyl/N-ethyl adjacent to an activating group) is 1. The molecular weight excluding hydrogens is 347 g/mol. The molecule has 1 atom stereocenters. The summed E-state index contributed by atoms with van der Waals surface area (Å²) in [4.78, 5) is 1.65. The van der Waals surface area contributed by atoms with E-state index in [0.29, 0.717) is 24.0 Å². The molecule has 1 aromatic carbocycles. The molecule has 6 heteroatoms. The van der Waals surface area contributed by atoms with Crippen LogP contribution in [0.5, 0.6) is 0 Å². The Morgan fingerprint density at radius 2 is 2.10 bits per heavy atom. The van der Waals surface area contributed by atoms with E-state index in [-0.39, 0.29) is 11.8 Å². The molecule has 0 aliphatic carbocycles. The normalized spacial score (nSPS) is 19.6. The maximum Gasteiger partial charge on any atom is 0.418 e. The standard InChI is InChI=1S/C15H19BrF3NO/c1-20(10-12-4-2-3-7-21-12)14-6-5-11(9-16)8-13(14)15(17,18)19/h5-6,8,12H,2-4,7,9-10H2,1H3. The highest BCUT2D eigenvalue weighted by molar-refractivity contribution is 9.08. The van der Waals surface area contributed by atoms with Crippen LogP contribution in [0.2, 0.25) is 0 Å². The van der Waals surface area contributed by atoms with Crippen molar-refractivity contribution in [2.24, 2.45) is 0 Å². The average Bonchev–Trinajstić information content (AvgIpc) is 2.46. The second kappa shape index (κ2) is 7.01. The zero-order valence-corrected chi connectivity index (χ0v) is 13.5. The zero-order valence-electron chi connectivity index (χ0n) is 11.9. The highest BCUT2D eigenvalue weighted by atomic mass is 79.9. The molecule has 2 rings (SSSR count). The van der Waals surface area contributed by atoms with Gasteiger partial charge in [0.1, 0.15) is 0 Å². The Kier molecular flexibility index (Phi) is 5.54. The zero-order chi connectivity index (χ0) is 15.5. The number of alkyl halides is 4. The van der Waals surface area contributed by atoms with Crippen LogP contribution in [-0.4, -0.2) is 26.3 Å². The third-order valence-corrected chi connectivity index (χ3v) is 4.33.